The van der Waals surface area contributed by atoms with Crippen molar-refractivity contribution in [2.45, 2.75) is 13.5 Å². The van der Waals surface area contributed by atoms with Crippen LogP contribution < -0.4 is 19.1 Å². The van der Waals surface area contributed by atoms with Gasteiger partial charge in [-0.3, -0.25) is 4.79 Å². The van der Waals surface area contributed by atoms with Crippen LogP contribution in [0.2, 0.25) is 0 Å². The molecule has 0 aliphatic rings. The maximum absolute atomic E-state index is 12.2. The lowest BCUT2D eigenvalue weighted by molar-refractivity contribution is -0.129. The molecule has 8 heteroatoms. The van der Waals surface area contributed by atoms with Crippen molar-refractivity contribution in [3.05, 3.63) is 17.7 Å². The second-order valence-corrected chi connectivity index (χ2v) is 7.32. The van der Waals surface area contributed by atoms with Crippen LogP contribution in [0.5, 0.6) is 17.2 Å². The average molecular weight is 405 g/mol. The number of ether oxygens (including phenoxy) is 3. The van der Waals surface area contributed by atoms with E-state index >= 15 is 0 Å². The summed E-state index contributed by atoms with van der Waals surface area (Å²) in [5, 5.41) is 0.807. The van der Waals surface area contributed by atoms with Crippen molar-refractivity contribution in [3.63, 3.8) is 0 Å². The lowest BCUT2D eigenvalue weighted by Crippen LogP contribution is -2.35. The zero-order chi connectivity index (χ0) is 21.7. The third-order valence-electron chi connectivity index (χ3n) is 4.73. The third kappa shape index (κ3) is 5.00. The van der Waals surface area contributed by atoms with E-state index in [4.69, 9.17) is 19.2 Å². The number of nitrogens with zero attached hydrogens (tertiary/aromatic N) is 4. The van der Waals surface area contributed by atoms with Gasteiger partial charge in [-0.25, -0.2) is 4.98 Å². The number of hydrogen-bond acceptors (Lipinski definition) is 7. The molecule has 0 atom stereocenters. The standard InChI is InChI=1S/C21H32N4O4/c1-14(26)25(10-9-23(2)3)13-15-11-16-17(22-21(15)24(4)5)12-18(27-6)20(29-8)19(16)28-7/h11-12H,9-10,13H2,1-8H3. The third-order valence-corrected chi connectivity index (χ3v) is 4.73. The van der Waals surface area contributed by atoms with Gasteiger partial charge in [0.25, 0.3) is 0 Å². The fourth-order valence-electron chi connectivity index (χ4n) is 3.20. The number of benzene rings is 1. The van der Waals surface area contributed by atoms with Gasteiger partial charge in [-0.05, 0) is 20.2 Å². The molecule has 160 valence electrons. The molecule has 0 bridgehead atoms. The van der Waals surface area contributed by atoms with Crippen LogP contribution in [0.25, 0.3) is 10.9 Å². The highest BCUT2D eigenvalue weighted by Gasteiger charge is 2.21. The van der Waals surface area contributed by atoms with Crippen molar-refractivity contribution in [3.8, 4) is 17.2 Å². The summed E-state index contributed by atoms with van der Waals surface area (Å²) < 4.78 is 16.6. The van der Waals surface area contributed by atoms with Crippen molar-refractivity contribution < 1.29 is 19.0 Å². The molecule has 1 amide bonds. The minimum absolute atomic E-state index is 0.0240. The first-order chi connectivity index (χ1) is 13.7. The number of rotatable bonds is 9. The Morgan fingerprint density at radius 3 is 2.10 bits per heavy atom. The molecule has 1 heterocycles. The molecule has 0 N–H and O–H groups in total. The predicted octanol–water partition coefficient (Wildman–Crippen LogP) is 2.24. The summed E-state index contributed by atoms with van der Waals surface area (Å²) in [6, 6.07) is 3.85. The number of likely N-dealkylation sites (N-methyl/N-ethyl adjacent to an activating group) is 1. The monoisotopic (exact) mass is 404 g/mol. The number of methoxy groups -OCH3 is 3. The van der Waals surface area contributed by atoms with E-state index in [2.05, 4.69) is 4.90 Å². The molecule has 0 saturated heterocycles. The van der Waals surface area contributed by atoms with Gasteiger partial charge in [0, 0.05) is 57.7 Å². The largest absolute Gasteiger partial charge is 0.493 e. The molecule has 2 rings (SSSR count). The minimum Gasteiger partial charge on any atom is -0.493 e. The summed E-state index contributed by atoms with van der Waals surface area (Å²) in [6.45, 7) is 3.47. The number of aromatic nitrogens is 1. The van der Waals surface area contributed by atoms with E-state index in [-0.39, 0.29) is 5.91 Å². The number of amides is 1. The van der Waals surface area contributed by atoms with E-state index in [9.17, 15) is 4.79 Å². The first kappa shape index (κ1) is 22.5. The summed E-state index contributed by atoms with van der Waals surface area (Å²) in [7, 11) is 12.6. The van der Waals surface area contributed by atoms with Crippen LogP contribution in [0.1, 0.15) is 12.5 Å². The van der Waals surface area contributed by atoms with Crippen molar-refractivity contribution in [2.75, 3.05) is 67.5 Å². The second-order valence-electron chi connectivity index (χ2n) is 7.32. The van der Waals surface area contributed by atoms with Crippen molar-refractivity contribution >= 4 is 22.6 Å². The topological polar surface area (TPSA) is 67.4 Å². The molecule has 2 aromatic rings. The number of hydrogen-bond donors (Lipinski definition) is 0. The smallest absolute Gasteiger partial charge is 0.219 e. The molecule has 0 aliphatic heterocycles. The van der Waals surface area contributed by atoms with Crippen LogP contribution in [0.4, 0.5) is 5.82 Å². The van der Waals surface area contributed by atoms with Crippen LogP contribution in [0, 0.1) is 0 Å². The SMILES string of the molecule is COc1cc2nc(N(C)C)c(CN(CCN(C)C)C(C)=O)cc2c(OC)c1OC. The summed E-state index contributed by atoms with van der Waals surface area (Å²) in [4.78, 5) is 22.9. The van der Waals surface area contributed by atoms with Crippen molar-refractivity contribution in [1.82, 2.24) is 14.8 Å². The number of carbonyl (C=O) groups excluding carboxylic acids is 1. The van der Waals surface area contributed by atoms with Gasteiger partial charge in [0.15, 0.2) is 11.5 Å². The van der Waals surface area contributed by atoms with E-state index < -0.39 is 0 Å². The molecule has 0 unspecified atom stereocenters. The molecular weight excluding hydrogens is 372 g/mol. The Kier molecular flexibility index (Phi) is 7.50. The Morgan fingerprint density at radius 2 is 1.62 bits per heavy atom. The van der Waals surface area contributed by atoms with E-state index in [0.717, 1.165) is 28.8 Å². The molecular formula is C21H32N4O4. The maximum atomic E-state index is 12.2. The molecule has 1 aromatic heterocycles. The fraction of sp³-hybridized carbons (Fsp3) is 0.524. The van der Waals surface area contributed by atoms with Crippen LogP contribution in [0.3, 0.4) is 0 Å². The van der Waals surface area contributed by atoms with Gasteiger partial charge in [0.2, 0.25) is 11.7 Å². The van der Waals surface area contributed by atoms with E-state index in [0.29, 0.717) is 30.3 Å². The number of pyridine rings is 1. The quantitative estimate of drug-likeness (QED) is 0.635. The molecule has 0 spiro atoms. The van der Waals surface area contributed by atoms with Gasteiger partial charge in [-0.1, -0.05) is 0 Å². The van der Waals surface area contributed by atoms with E-state index in [1.54, 1.807) is 28.3 Å². The average Bonchev–Trinajstić information content (AvgIpc) is 2.68. The van der Waals surface area contributed by atoms with Crippen LogP contribution in [-0.4, -0.2) is 83.3 Å². The van der Waals surface area contributed by atoms with Crippen molar-refractivity contribution in [2.24, 2.45) is 0 Å². The highest BCUT2D eigenvalue weighted by molar-refractivity contribution is 5.92. The lowest BCUT2D eigenvalue weighted by Gasteiger charge is -2.26. The number of fused-ring (bicyclic) bond motifs is 1. The Bertz CT molecular complexity index is 868. The van der Waals surface area contributed by atoms with Gasteiger partial charge >= 0.3 is 0 Å². The lowest BCUT2D eigenvalue weighted by atomic mass is 10.1. The van der Waals surface area contributed by atoms with Crippen LogP contribution >= 0.6 is 0 Å². The van der Waals surface area contributed by atoms with Gasteiger partial charge in [0.05, 0.1) is 26.8 Å². The second kappa shape index (κ2) is 9.65. The number of anilines is 1. The highest BCUT2D eigenvalue weighted by Crippen LogP contribution is 2.44. The Hall–Kier alpha value is -2.74. The van der Waals surface area contributed by atoms with Crippen LogP contribution in [-0.2, 0) is 11.3 Å². The Morgan fingerprint density at radius 1 is 0.966 bits per heavy atom. The van der Waals surface area contributed by atoms with E-state index in [1.165, 1.54) is 0 Å². The van der Waals surface area contributed by atoms with Crippen LogP contribution in [0.15, 0.2) is 12.1 Å². The van der Waals surface area contributed by atoms with Gasteiger partial charge in [-0.2, -0.15) is 0 Å². The maximum Gasteiger partial charge on any atom is 0.219 e. The summed E-state index contributed by atoms with van der Waals surface area (Å²) in [6.07, 6.45) is 0. The zero-order valence-corrected chi connectivity index (χ0v) is 18.7. The first-order valence-electron chi connectivity index (χ1n) is 9.43. The Balaban J connectivity index is 2.63. The summed E-state index contributed by atoms with van der Waals surface area (Å²) in [5.41, 5.74) is 1.66. The van der Waals surface area contributed by atoms with Gasteiger partial charge in [-0.15, -0.1) is 0 Å². The summed E-state index contributed by atoms with van der Waals surface area (Å²) in [5.74, 6) is 2.45. The molecule has 1 aromatic carbocycles. The Labute approximate surface area is 172 Å². The first-order valence-corrected chi connectivity index (χ1v) is 9.43. The van der Waals surface area contributed by atoms with Crippen molar-refractivity contribution in [1.29, 1.82) is 0 Å². The molecule has 29 heavy (non-hydrogen) atoms. The molecule has 0 aliphatic carbocycles. The predicted molar refractivity (Wildman–Crippen MR) is 115 cm³/mol. The van der Waals surface area contributed by atoms with Gasteiger partial charge < -0.3 is 28.9 Å². The summed E-state index contributed by atoms with van der Waals surface area (Å²) >= 11 is 0. The molecule has 8 nitrogen and oxygen atoms in total. The number of carbonyl (C=O) groups is 1. The highest BCUT2D eigenvalue weighted by atomic mass is 16.5. The molecule has 0 radical (unpaired) electrons. The van der Waals surface area contributed by atoms with E-state index in [1.807, 2.05) is 50.1 Å². The molecule has 0 fully saturated rings. The normalized spacial score (nSPS) is 10.9. The zero-order valence-electron chi connectivity index (χ0n) is 18.7. The molecule has 0 saturated carbocycles. The fourth-order valence-corrected chi connectivity index (χ4v) is 3.20. The minimum atomic E-state index is 0.0240. The van der Waals surface area contributed by atoms with Gasteiger partial charge in [0.1, 0.15) is 5.82 Å².